The van der Waals surface area contributed by atoms with Gasteiger partial charge >= 0.3 is 5.97 Å². The van der Waals surface area contributed by atoms with Gasteiger partial charge < -0.3 is 10.1 Å². The molecule has 9 heteroatoms. The van der Waals surface area contributed by atoms with Crippen LogP contribution in [0.25, 0.3) is 0 Å². The molecule has 4 aliphatic rings. The van der Waals surface area contributed by atoms with Gasteiger partial charge in [0.2, 0.25) is 5.91 Å². The van der Waals surface area contributed by atoms with Crippen LogP contribution in [0.5, 0.6) is 0 Å². The number of alkyl halides is 2. The van der Waals surface area contributed by atoms with E-state index in [0.29, 0.717) is 26.9 Å². The molecule has 0 radical (unpaired) electrons. The SMILES string of the molecule is O=C1O[C@@H](c2ccccc2)[C@@H](c2ccccc2)N2[C@@H]1[C@H](c1cccc(Cl)c1)[C@@]1(C(=O)Nc3cc(Cl)ccc31)C21CC(CF)(CF)C1. The Bertz CT molecular complexity index is 1850. The molecule has 1 aliphatic carbocycles. The lowest BCUT2D eigenvalue weighted by Gasteiger charge is -2.64. The number of carbonyl (C=O) groups is 2. The van der Waals surface area contributed by atoms with E-state index in [9.17, 15) is 18.4 Å². The van der Waals surface area contributed by atoms with E-state index in [1.165, 1.54) is 0 Å². The van der Waals surface area contributed by atoms with Gasteiger partial charge in [0.15, 0.2) is 0 Å². The van der Waals surface area contributed by atoms with Gasteiger partial charge in [-0.1, -0.05) is 102 Å². The highest BCUT2D eigenvalue weighted by molar-refractivity contribution is 6.31. The van der Waals surface area contributed by atoms with Crippen molar-refractivity contribution in [2.75, 3.05) is 18.7 Å². The summed E-state index contributed by atoms with van der Waals surface area (Å²) in [5.74, 6) is -1.65. The molecule has 234 valence electrons. The van der Waals surface area contributed by atoms with Gasteiger partial charge in [-0.3, -0.25) is 23.3 Å². The molecule has 1 saturated carbocycles. The number of carbonyl (C=O) groups excluding carboxylic acids is 2. The van der Waals surface area contributed by atoms with Crippen molar-refractivity contribution in [1.29, 1.82) is 0 Å². The minimum atomic E-state index is -1.44. The molecular formula is C37H30Cl2F2N2O3. The first-order valence-electron chi connectivity index (χ1n) is 15.4. The van der Waals surface area contributed by atoms with Crippen LogP contribution in [-0.2, 0) is 19.7 Å². The number of ether oxygens (including phenoxy) is 1. The minimum absolute atomic E-state index is 0.0220. The van der Waals surface area contributed by atoms with Crippen LogP contribution in [-0.4, -0.2) is 41.7 Å². The monoisotopic (exact) mass is 658 g/mol. The molecule has 0 bridgehead atoms. The van der Waals surface area contributed by atoms with Crippen LogP contribution in [0.3, 0.4) is 0 Å². The highest BCUT2D eigenvalue weighted by Gasteiger charge is 2.82. The molecule has 4 aromatic carbocycles. The number of benzene rings is 4. The maximum absolute atomic E-state index is 14.9. The fraction of sp³-hybridized carbons (Fsp3) is 0.297. The minimum Gasteiger partial charge on any atom is -0.454 e. The third kappa shape index (κ3) is 3.88. The summed E-state index contributed by atoms with van der Waals surface area (Å²) in [5.41, 5.74) is -0.453. The predicted molar refractivity (Wildman–Crippen MR) is 172 cm³/mol. The van der Waals surface area contributed by atoms with Crippen molar-refractivity contribution in [3.8, 4) is 0 Å². The van der Waals surface area contributed by atoms with Crippen LogP contribution in [0.2, 0.25) is 10.0 Å². The van der Waals surface area contributed by atoms with Gasteiger partial charge in [-0.15, -0.1) is 0 Å². The lowest BCUT2D eigenvalue weighted by molar-refractivity contribution is -0.200. The lowest BCUT2D eigenvalue weighted by atomic mass is 9.45. The summed E-state index contributed by atoms with van der Waals surface area (Å²) in [6.45, 7) is -1.78. The van der Waals surface area contributed by atoms with Crippen molar-refractivity contribution in [2.24, 2.45) is 5.41 Å². The first-order valence-corrected chi connectivity index (χ1v) is 16.1. The molecule has 4 aromatic rings. The zero-order valence-corrected chi connectivity index (χ0v) is 26.1. The van der Waals surface area contributed by atoms with E-state index in [-0.39, 0.29) is 18.7 Å². The number of anilines is 1. The molecule has 46 heavy (non-hydrogen) atoms. The molecule has 3 heterocycles. The number of amides is 1. The third-order valence-electron chi connectivity index (χ3n) is 10.8. The van der Waals surface area contributed by atoms with Crippen molar-refractivity contribution in [2.45, 2.75) is 47.9 Å². The fourth-order valence-electron chi connectivity index (χ4n) is 9.21. The van der Waals surface area contributed by atoms with E-state index in [1.54, 1.807) is 30.3 Å². The third-order valence-corrected chi connectivity index (χ3v) is 11.2. The smallest absolute Gasteiger partial charge is 0.324 e. The van der Waals surface area contributed by atoms with Gasteiger partial charge in [0, 0.05) is 32.6 Å². The van der Waals surface area contributed by atoms with Crippen LogP contribution in [0.4, 0.5) is 14.5 Å². The number of cyclic esters (lactones) is 1. The van der Waals surface area contributed by atoms with Gasteiger partial charge in [-0.05, 0) is 59.4 Å². The van der Waals surface area contributed by atoms with E-state index >= 15 is 0 Å². The Hall–Kier alpha value is -3.78. The molecule has 2 saturated heterocycles. The number of nitrogens with zero attached hydrogens (tertiary/aromatic N) is 1. The summed E-state index contributed by atoms with van der Waals surface area (Å²) in [5, 5.41) is 3.94. The summed E-state index contributed by atoms with van der Waals surface area (Å²) in [7, 11) is 0. The second-order valence-electron chi connectivity index (χ2n) is 13.1. The number of halogens is 4. The molecule has 3 fully saturated rings. The number of morpholine rings is 1. The number of hydrogen-bond donors (Lipinski definition) is 1. The Labute approximate surface area is 275 Å². The normalized spacial score (nSPS) is 28.8. The predicted octanol–water partition coefficient (Wildman–Crippen LogP) is 8.15. The summed E-state index contributed by atoms with van der Waals surface area (Å²) < 4.78 is 36.2. The average molecular weight is 660 g/mol. The molecule has 5 nitrogen and oxygen atoms in total. The zero-order valence-electron chi connectivity index (χ0n) is 24.6. The lowest BCUT2D eigenvalue weighted by Crippen LogP contribution is -2.72. The van der Waals surface area contributed by atoms with Crippen molar-refractivity contribution >= 4 is 40.8 Å². The van der Waals surface area contributed by atoms with Crippen LogP contribution < -0.4 is 5.32 Å². The number of fused-ring (bicyclic) bond motifs is 5. The van der Waals surface area contributed by atoms with Gasteiger partial charge in [-0.2, -0.15) is 0 Å². The van der Waals surface area contributed by atoms with Crippen LogP contribution in [0, 0.1) is 5.41 Å². The number of hydrogen-bond acceptors (Lipinski definition) is 4. The first kappa shape index (κ1) is 29.6. The topological polar surface area (TPSA) is 58.6 Å². The summed E-state index contributed by atoms with van der Waals surface area (Å²) in [4.78, 5) is 31.7. The Kier molecular flexibility index (Phi) is 6.84. The van der Waals surface area contributed by atoms with E-state index in [4.69, 9.17) is 27.9 Å². The fourth-order valence-corrected chi connectivity index (χ4v) is 9.59. The zero-order chi connectivity index (χ0) is 31.8. The molecule has 0 unspecified atom stereocenters. The van der Waals surface area contributed by atoms with E-state index in [1.807, 2.05) is 72.8 Å². The summed E-state index contributed by atoms with van der Waals surface area (Å²) in [6.07, 6.45) is -0.707. The maximum Gasteiger partial charge on any atom is 0.324 e. The van der Waals surface area contributed by atoms with Crippen molar-refractivity contribution in [3.05, 3.63) is 135 Å². The number of esters is 1. The molecule has 0 aromatic heterocycles. The van der Waals surface area contributed by atoms with E-state index in [0.717, 1.165) is 11.1 Å². The average Bonchev–Trinajstić information content (AvgIpc) is 3.50. The molecule has 5 atom stereocenters. The van der Waals surface area contributed by atoms with E-state index < -0.39 is 59.8 Å². The van der Waals surface area contributed by atoms with Gasteiger partial charge in [0.25, 0.3) is 0 Å². The molecule has 2 spiro atoms. The highest BCUT2D eigenvalue weighted by Crippen LogP contribution is 2.74. The number of rotatable bonds is 5. The van der Waals surface area contributed by atoms with Crippen LogP contribution in [0.1, 0.15) is 53.2 Å². The van der Waals surface area contributed by atoms with Crippen molar-refractivity contribution in [3.63, 3.8) is 0 Å². The largest absolute Gasteiger partial charge is 0.454 e. The Morgan fingerprint density at radius 3 is 2.04 bits per heavy atom. The molecule has 3 aliphatic heterocycles. The first-order chi connectivity index (χ1) is 22.3. The maximum atomic E-state index is 14.9. The Balaban J connectivity index is 1.47. The standard InChI is InChI=1S/C37H30Cl2F2N2O3/c38-25-13-7-12-24(16-25)29-31-33(44)46-32(23-10-5-2-6-11-23)30(22-8-3-1-4-9-22)43(31)36(18-35(19-36,20-40)21-41)37(29)27-15-14-26(39)17-28(27)42-34(37)45/h1-17,29-32H,18-21H2,(H,42,45)/t29-,30+,31+,32-,37-/m0/s1. The summed E-state index contributed by atoms with van der Waals surface area (Å²) in [6, 6.07) is 30.0. The van der Waals surface area contributed by atoms with Crippen molar-refractivity contribution in [1.82, 2.24) is 4.90 Å². The van der Waals surface area contributed by atoms with Crippen molar-refractivity contribution < 1.29 is 23.1 Å². The van der Waals surface area contributed by atoms with E-state index in [2.05, 4.69) is 10.2 Å². The highest BCUT2D eigenvalue weighted by atomic mass is 35.5. The summed E-state index contributed by atoms with van der Waals surface area (Å²) >= 11 is 13.0. The Morgan fingerprint density at radius 2 is 1.39 bits per heavy atom. The Morgan fingerprint density at radius 1 is 0.761 bits per heavy atom. The van der Waals surface area contributed by atoms with Crippen LogP contribution >= 0.6 is 23.2 Å². The molecule has 1 amide bonds. The molecular weight excluding hydrogens is 629 g/mol. The molecule has 1 N–H and O–H groups in total. The second-order valence-corrected chi connectivity index (χ2v) is 14.0. The quantitative estimate of drug-likeness (QED) is 0.220. The van der Waals surface area contributed by atoms with Gasteiger partial charge in [-0.25, -0.2) is 0 Å². The van der Waals surface area contributed by atoms with Gasteiger partial charge in [0.1, 0.15) is 17.6 Å². The van der Waals surface area contributed by atoms with Gasteiger partial charge in [0.05, 0.1) is 19.4 Å². The number of nitrogens with one attached hydrogen (secondary N) is 1. The second kappa shape index (κ2) is 10.6. The molecule has 8 rings (SSSR count). The van der Waals surface area contributed by atoms with Crippen LogP contribution in [0.15, 0.2) is 103 Å².